The van der Waals surface area contributed by atoms with Crippen molar-refractivity contribution in [3.05, 3.63) is 103 Å². The summed E-state index contributed by atoms with van der Waals surface area (Å²) in [6.07, 6.45) is 3.93. The van der Waals surface area contributed by atoms with Crippen molar-refractivity contribution < 1.29 is 4.74 Å². The zero-order valence-electron chi connectivity index (χ0n) is 19.4. The third kappa shape index (κ3) is 3.99. The SMILES string of the molecule is COc1ccc(N2C(=S)N[C@@H](c3ccccn3)[C@@H]2c2cccn2-c2ccc(N(C)C)cc2)cc1. The third-order valence-corrected chi connectivity index (χ3v) is 6.49. The Hall–Kier alpha value is -3.84. The van der Waals surface area contributed by atoms with Crippen LogP contribution in [-0.2, 0) is 0 Å². The third-order valence-electron chi connectivity index (χ3n) is 6.18. The maximum Gasteiger partial charge on any atom is 0.174 e. The van der Waals surface area contributed by atoms with Crippen LogP contribution in [0.1, 0.15) is 23.5 Å². The van der Waals surface area contributed by atoms with Gasteiger partial charge in [0.05, 0.1) is 18.8 Å². The molecule has 2 aromatic carbocycles. The van der Waals surface area contributed by atoms with E-state index in [-0.39, 0.29) is 12.1 Å². The molecule has 1 saturated heterocycles. The molecule has 2 aromatic heterocycles. The fraction of sp³-hybridized carbons (Fsp3) is 0.185. The molecule has 0 saturated carbocycles. The minimum atomic E-state index is -0.106. The molecule has 1 aliphatic heterocycles. The van der Waals surface area contributed by atoms with Crippen molar-refractivity contribution in [3.8, 4) is 11.4 Å². The van der Waals surface area contributed by atoms with Crippen molar-refractivity contribution in [1.82, 2.24) is 14.9 Å². The Balaban J connectivity index is 1.61. The van der Waals surface area contributed by atoms with Crippen LogP contribution in [0.4, 0.5) is 11.4 Å². The number of aromatic nitrogens is 2. The van der Waals surface area contributed by atoms with E-state index in [1.165, 1.54) is 0 Å². The smallest absolute Gasteiger partial charge is 0.174 e. The molecule has 4 aromatic rings. The van der Waals surface area contributed by atoms with Gasteiger partial charge >= 0.3 is 0 Å². The molecule has 0 amide bonds. The Labute approximate surface area is 205 Å². The molecular formula is C27H27N5OS. The number of methoxy groups -OCH3 is 1. The van der Waals surface area contributed by atoms with Gasteiger partial charge in [-0.05, 0) is 85.0 Å². The first-order chi connectivity index (χ1) is 16.6. The summed E-state index contributed by atoms with van der Waals surface area (Å²) in [5.41, 5.74) is 5.32. The molecule has 0 spiro atoms. The van der Waals surface area contributed by atoms with Crippen LogP contribution in [0.25, 0.3) is 5.69 Å². The summed E-state index contributed by atoms with van der Waals surface area (Å²) >= 11 is 5.86. The van der Waals surface area contributed by atoms with Gasteiger partial charge in [0.2, 0.25) is 0 Å². The Bertz CT molecular complexity index is 1270. The number of benzene rings is 2. The number of ether oxygens (including phenoxy) is 1. The summed E-state index contributed by atoms with van der Waals surface area (Å²) in [4.78, 5) is 8.93. The Kier molecular flexibility index (Phi) is 5.94. The summed E-state index contributed by atoms with van der Waals surface area (Å²) in [6.45, 7) is 0. The van der Waals surface area contributed by atoms with Crippen molar-refractivity contribution in [2.24, 2.45) is 0 Å². The highest BCUT2D eigenvalue weighted by atomic mass is 32.1. The minimum Gasteiger partial charge on any atom is -0.497 e. The molecule has 0 unspecified atom stereocenters. The summed E-state index contributed by atoms with van der Waals surface area (Å²) in [6, 6.07) is 26.6. The molecule has 3 heterocycles. The topological polar surface area (TPSA) is 45.6 Å². The number of hydrogen-bond donors (Lipinski definition) is 1. The summed E-state index contributed by atoms with van der Waals surface area (Å²) in [5, 5.41) is 4.20. The minimum absolute atomic E-state index is 0.0979. The first kappa shape index (κ1) is 22.0. The van der Waals surface area contributed by atoms with Crippen LogP contribution in [0.15, 0.2) is 91.3 Å². The van der Waals surface area contributed by atoms with Crippen molar-refractivity contribution in [3.63, 3.8) is 0 Å². The second-order valence-corrected chi connectivity index (χ2v) is 8.80. The predicted molar refractivity (Wildman–Crippen MR) is 141 cm³/mol. The van der Waals surface area contributed by atoms with Gasteiger partial charge in [0.1, 0.15) is 11.8 Å². The quantitative estimate of drug-likeness (QED) is 0.395. The first-order valence-corrected chi connectivity index (χ1v) is 11.6. The van der Waals surface area contributed by atoms with Crippen LogP contribution in [0, 0.1) is 0 Å². The lowest BCUT2D eigenvalue weighted by molar-refractivity contribution is 0.415. The molecular weight excluding hydrogens is 442 g/mol. The van der Waals surface area contributed by atoms with Gasteiger partial charge in [-0.25, -0.2) is 0 Å². The van der Waals surface area contributed by atoms with Gasteiger partial charge in [-0.1, -0.05) is 6.07 Å². The van der Waals surface area contributed by atoms with Crippen LogP contribution >= 0.6 is 12.2 Å². The average molecular weight is 470 g/mol. The van der Waals surface area contributed by atoms with E-state index in [1.54, 1.807) is 7.11 Å². The highest BCUT2D eigenvalue weighted by Gasteiger charge is 2.42. The molecule has 5 rings (SSSR count). The number of rotatable bonds is 6. The lowest BCUT2D eigenvalue weighted by Crippen LogP contribution is -2.30. The highest BCUT2D eigenvalue weighted by Crippen LogP contribution is 2.42. The first-order valence-electron chi connectivity index (χ1n) is 11.2. The van der Waals surface area contributed by atoms with E-state index >= 15 is 0 Å². The molecule has 34 heavy (non-hydrogen) atoms. The van der Waals surface area contributed by atoms with Crippen molar-refractivity contribution in [2.45, 2.75) is 12.1 Å². The largest absolute Gasteiger partial charge is 0.497 e. The number of nitrogens with zero attached hydrogens (tertiary/aromatic N) is 4. The molecule has 1 fully saturated rings. The molecule has 2 atom stereocenters. The van der Waals surface area contributed by atoms with Gasteiger partial charge in [-0.2, -0.15) is 0 Å². The zero-order chi connectivity index (χ0) is 23.7. The second-order valence-electron chi connectivity index (χ2n) is 8.41. The number of thiocarbonyl (C=S) groups is 1. The van der Waals surface area contributed by atoms with Crippen LogP contribution in [-0.4, -0.2) is 35.9 Å². The molecule has 1 N–H and O–H groups in total. The van der Waals surface area contributed by atoms with Crippen LogP contribution in [0.3, 0.4) is 0 Å². The summed E-state index contributed by atoms with van der Waals surface area (Å²) in [7, 11) is 5.77. The molecule has 172 valence electrons. The molecule has 6 nitrogen and oxygen atoms in total. The normalized spacial score (nSPS) is 17.5. The lowest BCUT2D eigenvalue weighted by Gasteiger charge is -2.29. The van der Waals surface area contributed by atoms with Crippen molar-refractivity contribution in [1.29, 1.82) is 0 Å². The van der Waals surface area contributed by atoms with Crippen LogP contribution in [0.2, 0.25) is 0 Å². The van der Waals surface area contributed by atoms with Crippen molar-refractivity contribution in [2.75, 3.05) is 31.0 Å². The molecule has 0 bridgehead atoms. The van der Waals surface area contributed by atoms with Crippen LogP contribution < -0.4 is 19.9 Å². The fourth-order valence-corrected chi connectivity index (χ4v) is 4.80. The predicted octanol–water partition coefficient (Wildman–Crippen LogP) is 5.12. The second kappa shape index (κ2) is 9.19. The number of pyridine rings is 1. The van der Waals surface area contributed by atoms with E-state index < -0.39 is 0 Å². The lowest BCUT2D eigenvalue weighted by atomic mass is 10.0. The highest BCUT2D eigenvalue weighted by molar-refractivity contribution is 7.80. The molecule has 7 heteroatoms. The number of nitrogens with one attached hydrogen (secondary N) is 1. The van der Waals surface area contributed by atoms with Gasteiger partial charge in [0.25, 0.3) is 0 Å². The maximum absolute atomic E-state index is 5.86. The Morgan fingerprint density at radius 1 is 0.912 bits per heavy atom. The van der Waals surface area contributed by atoms with E-state index in [0.717, 1.165) is 34.2 Å². The van der Waals surface area contributed by atoms with E-state index in [4.69, 9.17) is 17.0 Å². The maximum atomic E-state index is 5.86. The van der Waals surface area contributed by atoms with Gasteiger partial charge in [-0.3, -0.25) is 4.98 Å². The van der Waals surface area contributed by atoms with Crippen molar-refractivity contribution >= 4 is 28.7 Å². The molecule has 1 aliphatic rings. The van der Waals surface area contributed by atoms with Crippen LogP contribution in [0.5, 0.6) is 5.75 Å². The Morgan fingerprint density at radius 2 is 1.65 bits per heavy atom. The van der Waals surface area contributed by atoms with E-state index in [0.29, 0.717) is 5.11 Å². The van der Waals surface area contributed by atoms with Gasteiger partial charge in [-0.15, -0.1) is 0 Å². The fourth-order valence-electron chi connectivity index (χ4n) is 4.46. The molecule has 0 aliphatic carbocycles. The van der Waals surface area contributed by atoms with E-state index in [2.05, 4.69) is 67.3 Å². The average Bonchev–Trinajstić information content (AvgIpc) is 3.49. The zero-order valence-corrected chi connectivity index (χ0v) is 20.2. The standard InChI is InChI=1S/C27H27N5OS/c1-30(2)19-9-11-20(12-10-19)31-18-6-8-24(31)26-25(23-7-4-5-17-28-23)29-27(34)32(26)21-13-15-22(33-3)16-14-21/h4-18,25-26H,1-3H3,(H,29,34)/t25-,26-/m0/s1. The van der Waals surface area contributed by atoms with Gasteiger partial charge < -0.3 is 24.4 Å². The van der Waals surface area contributed by atoms with Gasteiger partial charge in [0, 0.05) is 49.2 Å². The summed E-state index contributed by atoms with van der Waals surface area (Å²) < 4.78 is 7.60. The number of hydrogen-bond acceptors (Lipinski definition) is 4. The number of anilines is 2. The Morgan fingerprint density at radius 3 is 2.29 bits per heavy atom. The molecule has 0 radical (unpaired) electrons. The van der Waals surface area contributed by atoms with Gasteiger partial charge in [0.15, 0.2) is 5.11 Å². The summed E-state index contributed by atoms with van der Waals surface area (Å²) in [5.74, 6) is 0.809. The van der Waals surface area contributed by atoms with E-state index in [1.807, 2.05) is 62.8 Å². The van der Waals surface area contributed by atoms with E-state index in [9.17, 15) is 0 Å². The monoisotopic (exact) mass is 469 g/mol.